The van der Waals surface area contributed by atoms with Crippen molar-refractivity contribution >= 4 is 0 Å². The number of aryl methyl sites for hydroxylation is 2. The van der Waals surface area contributed by atoms with Crippen molar-refractivity contribution in [2.75, 3.05) is 0 Å². The topological polar surface area (TPSA) is 26.0 Å². The molecule has 0 bridgehead atoms. The van der Waals surface area contributed by atoms with E-state index in [0.717, 1.165) is 17.2 Å². The zero-order valence-electron chi connectivity index (χ0n) is 11.4. The third kappa shape index (κ3) is 3.02. The van der Waals surface area contributed by atoms with E-state index in [1.807, 2.05) is 0 Å². The maximum Gasteiger partial charge on any atom is 0.130 e. The molecule has 1 unspecified atom stereocenters. The maximum atomic E-state index is 13.8. The third-order valence-electron chi connectivity index (χ3n) is 3.42. The van der Waals surface area contributed by atoms with Gasteiger partial charge in [-0.05, 0) is 55.2 Å². The number of benzene rings is 2. The monoisotopic (exact) mass is 279 g/mol. The molecule has 0 heterocycles. The smallest absolute Gasteiger partial charge is 0.130 e. The van der Waals surface area contributed by atoms with Crippen molar-refractivity contribution < 1.29 is 13.2 Å². The van der Waals surface area contributed by atoms with Gasteiger partial charge >= 0.3 is 0 Å². The van der Waals surface area contributed by atoms with Gasteiger partial charge in [-0.3, -0.25) is 0 Å². The number of hydrogen-bond donors (Lipinski definition) is 1. The summed E-state index contributed by atoms with van der Waals surface area (Å²) in [7, 11) is 0. The lowest BCUT2D eigenvalue weighted by molar-refractivity contribution is 0.549. The van der Waals surface area contributed by atoms with Crippen LogP contribution in [0.15, 0.2) is 30.3 Å². The zero-order valence-corrected chi connectivity index (χ0v) is 11.4. The van der Waals surface area contributed by atoms with Crippen LogP contribution in [0.1, 0.15) is 28.3 Å². The van der Waals surface area contributed by atoms with Gasteiger partial charge in [0, 0.05) is 17.7 Å². The summed E-state index contributed by atoms with van der Waals surface area (Å²) in [5, 5.41) is 0. The molecule has 0 saturated carbocycles. The fourth-order valence-electron chi connectivity index (χ4n) is 2.20. The molecule has 1 nitrogen and oxygen atoms in total. The molecule has 4 heteroatoms. The summed E-state index contributed by atoms with van der Waals surface area (Å²) in [5.41, 5.74) is 8.23. The van der Waals surface area contributed by atoms with E-state index in [0.29, 0.717) is 12.0 Å². The van der Waals surface area contributed by atoms with Crippen LogP contribution in [0.4, 0.5) is 13.2 Å². The molecule has 0 saturated heterocycles. The minimum atomic E-state index is -0.652. The van der Waals surface area contributed by atoms with Crippen molar-refractivity contribution in [1.29, 1.82) is 0 Å². The molecule has 0 amide bonds. The summed E-state index contributed by atoms with van der Waals surface area (Å²) < 4.78 is 40.0. The maximum absolute atomic E-state index is 13.8. The van der Waals surface area contributed by atoms with Crippen LogP contribution in [0.2, 0.25) is 0 Å². The summed E-state index contributed by atoms with van der Waals surface area (Å²) in [6, 6.07) is 6.07. The summed E-state index contributed by atoms with van der Waals surface area (Å²) in [4.78, 5) is 0. The van der Waals surface area contributed by atoms with E-state index in [9.17, 15) is 13.2 Å². The second-order valence-corrected chi connectivity index (χ2v) is 5.00. The molecule has 0 aliphatic heterocycles. The third-order valence-corrected chi connectivity index (χ3v) is 3.42. The van der Waals surface area contributed by atoms with Gasteiger partial charge in [-0.25, -0.2) is 13.2 Å². The first-order valence-corrected chi connectivity index (χ1v) is 6.34. The predicted octanol–water partition coefficient (Wildman–Crippen LogP) is 3.96. The molecule has 2 aromatic carbocycles. The first-order valence-electron chi connectivity index (χ1n) is 6.34. The number of halogens is 3. The Morgan fingerprint density at radius 1 is 0.950 bits per heavy atom. The quantitative estimate of drug-likeness (QED) is 0.904. The largest absolute Gasteiger partial charge is 0.324 e. The van der Waals surface area contributed by atoms with Gasteiger partial charge in [-0.2, -0.15) is 0 Å². The van der Waals surface area contributed by atoms with Crippen LogP contribution >= 0.6 is 0 Å². The molecule has 20 heavy (non-hydrogen) atoms. The van der Waals surface area contributed by atoms with Crippen molar-refractivity contribution in [1.82, 2.24) is 0 Å². The van der Waals surface area contributed by atoms with Crippen molar-refractivity contribution in [3.8, 4) is 0 Å². The molecule has 106 valence electrons. The molecule has 0 aliphatic carbocycles. The summed E-state index contributed by atoms with van der Waals surface area (Å²) >= 11 is 0. The Morgan fingerprint density at radius 2 is 1.65 bits per heavy atom. The lowest BCUT2D eigenvalue weighted by Crippen LogP contribution is -2.16. The molecule has 0 aliphatic rings. The summed E-state index contributed by atoms with van der Waals surface area (Å²) in [5.74, 6) is -1.56. The molecule has 1 atom stereocenters. The van der Waals surface area contributed by atoms with E-state index in [1.54, 1.807) is 19.9 Å². The highest BCUT2D eigenvalue weighted by Gasteiger charge is 2.15. The predicted molar refractivity (Wildman–Crippen MR) is 72.9 cm³/mol. The van der Waals surface area contributed by atoms with Gasteiger partial charge in [-0.1, -0.05) is 6.07 Å². The van der Waals surface area contributed by atoms with Crippen LogP contribution in [-0.4, -0.2) is 0 Å². The lowest BCUT2D eigenvalue weighted by Gasteiger charge is -2.15. The zero-order chi connectivity index (χ0) is 14.9. The molecule has 0 spiro atoms. The van der Waals surface area contributed by atoms with Crippen molar-refractivity contribution in [3.05, 3.63) is 70.0 Å². The SMILES string of the molecule is Cc1cc(C(N)Cc2ccc(F)cc2C)c(F)cc1F. The fourth-order valence-corrected chi connectivity index (χ4v) is 2.20. The Hall–Kier alpha value is -1.81. The Balaban J connectivity index is 2.28. The minimum Gasteiger partial charge on any atom is -0.324 e. The van der Waals surface area contributed by atoms with E-state index in [1.165, 1.54) is 18.2 Å². The van der Waals surface area contributed by atoms with E-state index in [4.69, 9.17) is 5.73 Å². The van der Waals surface area contributed by atoms with E-state index in [2.05, 4.69) is 0 Å². The standard InChI is InChI=1S/C16H16F3N/c1-9-5-12(17)4-3-11(9)7-16(20)13-6-10(2)14(18)8-15(13)19/h3-6,8,16H,7,20H2,1-2H3. The second kappa shape index (κ2) is 5.67. The van der Waals surface area contributed by atoms with Crippen LogP contribution < -0.4 is 5.73 Å². The molecule has 2 aromatic rings. The normalized spacial score (nSPS) is 12.5. The van der Waals surface area contributed by atoms with Crippen LogP contribution in [-0.2, 0) is 6.42 Å². The lowest BCUT2D eigenvalue weighted by atomic mass is 9.95. The molecule has 2 N–H and O–H groups in total. The minimum absolute atomic E-state index is 0.271. The number of nitrogens with two attached hydrogens (primary N) is 1. The van der Waals surface area contributed by atoms with Gasteiger partial charge in [0.05, 0.1) is 0 Å². The van der Waals surface area contributed by atoms with Crippen molar-refractivity contribution in [3.63, 3.8) is 0 Å². The summed E-state index contributed by atoms with van der Waals surface area (Å²) in [6.45, 7) is 3.34. The van der Waals surface area contributed by atoms with Gasteiger partial charge in [0.25, 0.3) is 0 Å². The molecule has 0 fully saturated rings. The van der Waals surface area contributed by atoms with Crippen LogP contribution in [0.3, 0.4) is 0 Å². The average molecular weight is 279 g/mol. The van der Waals surface area contributed by atoms with Crippen LogP contribution in [0, 0.1) is 31.3 Å². The number of hydrogen-bond acceptors (Lipinski definition) is 1. The van der Waals surface area contributed by atoms with Gasteiger partial charge in [0.1, 0.15) is 17.5 Å². The van der Waals surface area contributed by atoms with E-state index < -0.39 is 17.7 Å². The highest BCUT2D eigenvalue weighted by Crippen LogP contribution is 2.23. The highest BCUT2D eigenvalue weighted by atomic mass is 19.1. The first-order chi connectivity index (χ1) is 9.38. The van der Waals surface area contributed by atoms with Crippen molar-refractivity contribution in [2.45, 2.75) is 26.3 Å². The van der Waals surface area contributed by atoms with Crippen LogP contribution in [0.25, 0.3) is 0 Å². The Morgan fingerprint density at radius 3 is 2.30 bits per heavy atom. The molecule has 0 radical (unpaired) electrons. The fraction of sp³-hybridized carbons (Fsp3) is 0.250. The van der Waals surface area contributed by atoms with Crippen molar-refractivity contribution in [2.24, 2.45) is 5.73 Å². The Labute approximate surface area is 116 Å². The molecular formula is C16H16F3N. The molecule has 0 aromatic heterocycles. The van der Waals surface area contributed by atoms with Gasteiger partial charge in [0.2, 0.25) is 0 Å². The highest BCUT2D eigenvalue weighted by molar-refractivity contribution is 5.32. The van der Waals surface area contributed by atoms with E-state index in [-0.39, 0.29) is 11.4 Å². The Bertz CT molecular complexity index is 638. The Kier molecular flexibility index (Phi) is 4.14. The average Bonchev–Trinajstić information content (AvgIpc) is 2.37. The summed E-state index contributed by atoms with van der Waals surface area (Å²) in [6.07, 6.45) is 0.369. The van der Waals surface area contributed by atoms with Gasteiger partial charge in [0.15, 0.2) is 0 Å². The van der Waals surface area contributed by atoms with Gasteiger partial charge in [-0.15, -0.1) is 0 Å². The van der Waals surface area contributed by atoms with E-state index >= 15 is 0 Å². The van der Waals surface area contributed by atoms with Gasteiger partial charge < -0.3 is 5.73 Å². The molecule has 2 rings (SSSR count). The second-order valence-electron chi connectivity index (χ2n) is 5.00. The van der Waals surface area contributed by atoms with Crippen LogP contribution in [0.5, 0.6) is 0 Å². The first kappa shape index (κ1) is 14.6. The molecular weight excluding hydrogens is 263 g/mol. The number of rotatable bonds is 3.